The zero-order valence-corrected chi connectivity index (χ0v) is 9.76. The molecule has 2 heteroatoms. The van der Waals surface area contributed by atoms with E-state index in [-0.39, 0.29) is 5.60 Å². The molecule has 1 aliphatic heterocycles. The molecule has 0 aliphatic carbocycles. The van der Waals surface area contributed by atoms with Crippen LogP contribution in [0.1, 0.15) is 32.3 Å². The van der Waals surface area contributed by atoms with E-state index in [2.05, 4.69) is 44.3 Å². The highest BCUT2D eigenvalue weighted by molar-refractivity contribution is 5.59. The van der Waals surface area contributed by atoms with Crippen molar-refractivity contribution >= 4 is 5.69 Å². The molecular formula is C13H19NO. The Morgan fingerprint density at radius 2 is 2.07 bits per heavy atom. The summed E-state index contributed by atoms with van der Waals surface area (Å²) in [5.74, 6) is 1.00. The molecule has 1 heterocycles. The van der Waals surface area contributed by atoms with Gasteiger partial charge in [0.05, 0.1) is 12.2 Å². The zero-order valence-electron chi connectivity index (χ0n) is 9.76. The van der Waals surface area contributed by atoms with Crippen molar-refractivity contribution in [3.05, 3.63) is 23.8 Å². The van der Waals surface area contributed by atoms with Crippen LogP contribution in [0.25, 0.3) is 0 Å². The normalized spacial score (nSPS) is 17.5. The van der Waals surface area contributed by atoms with Crippen molar-refractivity contribution in [1.29, 1.82) is 0 Å². The lowest BCUT2D eigenvalue weighted by Gasteiger charge is -2.38. The van der Waals surface area contributed by atoms with Crippen LogP contribution in [-0.2, 0) is 0 Å². The van der Waals surface area contributed by atoms with Gasteiger partial charge in [-0.3, -0.25) is 0 Å². The number of fused-ring (bicyclic) bond motifs is 1. The Labute approximate surface area is 91.6 Å². The van der Waals surface area contributed by atoms with E-state index >= 15 is 0 Å². The Morgan fingerprint density at radius 1 is 1.33 bits per heavy atom. The van der Waals surface area contributed by atoms with E-state index < -0.39 is 0 Å². The van der Waals surface area contributed by atoms with Gasteiger partial charge in [-0.1, -0.05) is 19.9 Å². The van der Waals surface area contributed by atoms with Crippen LogP contribution in [0.2, 0.25) is 0 Å². The van der Waals surface area contributed by atoms with Gasteiger partial charge in [-0.05, 0) is 37.5 Å². The van der Waals surface area contributed by atoms with Gasteiger partial charge in [0, 0.05) is 0 Å². The zero-order chi connectivity index (χ0) is 10.9. The molecule has 2 nitrogen and oxygen atoms in total. The van der Waals surface area contributed by atoms with E-state index in [0.29, 0.717) is 0 Å². The van der Waals surface area contributed by atoms with Gasteiger partial charge < -0.3 is 10.1 Å². The second kappa shape index (κ2) is 3.76. The molecule has 0 bridgehead atoms. The third-order valence-electron chi connectivity index (χ3n) is 3.35. The quantitative estimate of drug-likeness (QED) is 0.799. The summed E-state index contributed by atoms with van der Waals surface area (Å²) in [6.07, 6.45) is 2.09. The number of hydrogen-bond acceptors (Lipinski definition) is 2. The minimum Gasteiger partial charge on any atom is -0.483 e. The summed E-state index contributed by atoms with van der Waals surface area (Å²) in [4.78, 5) is 0. The molecule has 1 aromatic carbocycles. The average molecular weight is 205 g/mol. The Bertz CT molecular complexity index is 356. The maximum absolute atomic E-state index is 6.14. The van der Waals surface area contributed by atoms with Crippen LogP contribution in [0.15, 0.2) is 18.2 Å². The smallest absolute Gasteiger partial charge is 0.143 e. The monoisotopic (exact) mass is 205 g/mol. The number of aryl methyl sites for hydroxylation is 1. The molecule has 0 saturated carbocycles. The second-order valence-electron chi connectivity index (χ2n) is 4.35. The molecule has 15 heavy (non-hydrogen) atoms. The van der Waals surface area contributed by atoms with E-state index in [0.717, 1.165) is 30.8 Å². The first-order valence-electron chi connectivity index (χ1n) is 5.72. The van der Waals surface area contributed by atoms with E-state index in [1.54, 1.807) is 0 Å². The Balaban J connectivity index is 2.32. The number of hydrogen-bond donors (Lipinski definition) is 1. The van der Waals surface area contributed by atoms with Gasteiger partial charge in [-0.15, -0.1) is 0 Å². The fraction of sp³-hybridized carbons (Fsp3) is 0.538. The van der Waals surface area contributed by atoms with E-state index in [1.165, 1.54) is 5.56 Å². The SMILES string of the molecule is CCC1(CC)CNc2ccc(C)cc2O1. The van der Waals surface area contributed by atoms with Crippen molar-refractivity contribution in [3.63, 3.8) is 0 Å². The van der Waals surface area contributed by atoms with Gasteiger partial charge in [0.25, 0.3) is 0 Å². The van der Waals surface area contributed by atoms with Crippen molar-refractivity contribution in [2.75, 3.05) is 11.9 Å². The minimum absolute atomic E-state index is 0.0131. The predicted molar refractivity (Wildman–Crippen MR) is 63.6 cm³/mol. The van der Waals surface area contributed by atoms with Gasteiger partial charge in [0.2, 0.25) is 0 Å². The summed E-state index contributed by atoms with van der Waals surface area (Å²) in [6, 6.07) is 6.32. The van der Waals surface area contributed by atoms with Crippen molar-refractivity contribution < 1.29 is 4.74 Å². The highest BCUT2D eigenvalue weighted by atomic mass is 16.5. The van der Waals surface area contributed by atoms with Crippen molar-refractivity contribution in [3.8, 4) is 5.75 Å². The fourth-order valence-electron chi connectivity index (χ4n) is 2.03. The third-order valence-corrected chi connectivity index (χ3v) is 3.35. The lowest BCUT2D eigenvalue weighted by Crippen LogP contribution is -2.44. The maximum Gasteiger partial charge on any atom is 0.143 e. The molecule has 1 N–H and O–H groups in total. The highest BCUT2D eigenvalue weighted by Gasteiger charge is 2.32. The van der Waals surface area contributed by atoms with Crippen molar-refractivity contribution in [1.82, 2.24) is 0 Å². The molecule has 0 atom stereocenters. The van der Waals surface area contributed by atoms with Crippen LogP contribution in [0.3, 0.4) is 0 Å². The third kappa shape index (κ3) is 1.81. The van der Waals surface area contributed by atoms with Gasteiger partial charge >= 0.3 is 0 Å². The molecule has 1 aliphatic rings. The number of nitrogens with one attached hydrogen (secondary N) is 1. The Morgan fingerprint density at radius 3 is 2.73 bits per heavy atom. The molecule has 0 saturated heterocycles. The summed E-state index contributed by atoms with van der Waals surface area (Å²) in [7, 11) is 0. The molecule has 0 unspecified atom stereocenters. The number of rotatable bonds is 2. The summed E-state index contributed by atoms with van der Waals surface area (Å²) in [5.41, 5.74) is 2.36. The molecule has 0 fully saturated rings. The first-order valence-corrected chi connectivity index (χ1v) is 5.72. The van der Waals surface area contributed by atoms with Crippen LogP contribution >= 0.6 is 0 Å². The number of anilines is 1. The standard InChI is InChI=1S/C13H19NO/c1-4-13(5-2)9-14-11-7-6-10(3)8-12(11)15-13/h6-8,14H,4-5,9H2,1-3H3. The molecular weight excluding hydrogens is 186 g/mol. The van der Waals surface area contributed by atoms with Gasteiger partial charge in [0.15, 0.2) is 0 Å². The first-order chi connectivity index (χ1) is 7.19. The van der Waals surface area contributed by atoms with E-state index in [4.69, 9.17) is 4.74 Å². The number of ether oxygens (including phenoxy) is 1. The summed E-state index contributed by atoms with van der Waals surface area (Å²) >= 11 is 0. The topological polar surface area (TPSA) is 21.3 Å². The van der Waals surface area contributed by atoms with Crippen molar-refractivity contribution in [2.24, 2.45) is 0 Å². The van der Waals surface area contributed by atoms with Crippen LogP contribution in [0.5, 0.6) is 5.75 Å². The van der Waals surface area contributed by atoms with Crippen molar-refractivity contribution in [2.45, 2.75) is 39.2 Å². The molecule has 1 aromatic rings. The van der Waals surface area contributed by atoms with E-state index in [1.807, 2.05) is 0 Å². The predicted octanol–water partition coefficient (Wildman–Crippen LogP) is 3.36. The van der Waals surface area contributed by atoms with Gasteiger partial charge in [0.1, 0.15) is 11.4 Å². The summed E-state index contributed by atoms with van der Waals surface area (Å²) in [6.45, 7) is 7.38. The van der Waals surface area contributed by atoms with Crippen LogP contribution in [0, 0.1) is 6.92 Å². The molecule has 0 radical (unpaired) electrons. The summed E-state index contributed by atoms with van der Waals surface area (Å²) < 4.78 is 6.14. The van der Waals surface area contributed by atoms with Crippen LogP contribution in [-0.4, -0.2) is 12.1 Å². The molecule has 2 rings (SSSR count). The average Bonchev–Trinajstić information content (AvgIpc) is 2.28. The van der Waals surface area contributed by atoms with Gasteiger partial charge in [-0.2, -0.15) is 0 Å². The largest absolute Gasteiger partial charge is 0.483 e. The Kier molecular flexibility index (Phi) is 2.59. The lowest BCUT2D eigenvalue weighted by molar-refractivity contribution is 0.0670. The molecule has 0 amide bonds. The van der Waals surface area contributed by atoms with Crippen LogP contribution < -0.4 is 10.1 Å². The summed E-state index contributed by atoms with van der Waals surface area (Å²) in [5, 5.41) is 3.46. The lowest BCUT2D eigenvalue weighted by atomic mass is 9.95. The van der Waals surface area contributed by atoms with Gasteiger partial charge in [-0.25, -0.2) is 0 Å². The fourth-order valence-corrected chi connectivity index (χ4v) is 2.03. The Hall–Kier alpha value is -1.18. The molecule has 0 spiro atoms. The maximum atomic E-state index is 6.14. The molecule has 0 aromatic heterocycles. The highest BCUT2D eigenvalue weighted by Crippen LogP contribution is 2.36. The van der Waals surface area contributed by atoms with Crippen LogP contribution in [0.4, 0.5) is 5.69 Å². The minimum atomic E-state index is -0.0131. The second-order valence-corrected chi connectivity index (χ2v) is 4.35. The molecule has 82 valence electrons. The number of benzene rings is 1. The van der Waals surface area contributed by atoms with E-state index in [9.17, 15) is 0 Å². The first kappa shape index (κ1) is 10.3.